The third-order valence-electron chi connectivity index (χ3n) is 7.36. The second-order valence-corrected chi connectivity index (χ2v) is 9.89. The van der Waals surface area contributed by atoms with Crippen molar-refractivity contribution in [3.05, 3.63) is 144 Å². The summed E-state index contributed by atoms with van der Waals surface area (Å²) >= 11 is 0. The van der Waals surface area contributed by atoms with E-state index in [2.05, 4.69) is 73.7 Å². The van der Waals surface area contributed by atoms with E-state index in [1.165, 1.54) is 43.9 Å². The van der Waals surface area contributed by atoms with Gasteiger partial charge in [0, 0.05) is 34.9 Å². The highest BCUT2D eigenvalue weighted by Crippen LogP contribution is 2.45. The van der Waals surface area contributed by atoms with Gasteiger partial charge in [0.2, 0.25) is 0 Å². The predicted molar refractivity (Wildman–Crippen MR) is 159 cm³/mol. The lowest BCUT2D eigenvalue weighted by Gasteiger charge is -2.08. The number of benzene rings is 6. The molecule has 0 radical (unpaired) electrons. The molecule has 0 heterocycles. The van der Waals surface area contributed by atoms with Crippen LogP contribution < -0.4 is 0 Å². The van der Waals surface area contributed by atoms with Gasteiger partial charge in [-0.15, -0.1) is 0 Å². The van der Waals surface area contributed by atoms with Crippen molar-refractivity contribution >= 4 is 55.2 Å². The molecule has 204 valence electrons. The average molecular weight is 558 g/mol. The van der Waals surface area contributed by atoms with Crippen molar-refractivity contribution in [1.82, 2.24) is 0 Å². The summed E-state index contributed by atoms with van der Waals surface area (Å²) in [5, 5.41) is 40.9. The van der Waals surface area contributed by atoms with Crippen LogP contribution in [0.25, 0.3) is 43.4 Å². The summed E-state index contributed by atoms with van der Waals surface area (Å²) in [6.45, 7) is 2.16. The number of nitrogens with zero attached hydrogens (tertiary/aromatic N) is 3. The molecule has 0 bridgehead atoms. The van der Waals surface area contributed by atoms with Crippen LogP contribution in [-0.2, 0) is 0 Å². The van der Waals surface area contributed by atoms with Gasteiger partial charge in [-0.25, -0.2) is 0 Å². The van der Waals surface area contributed by atoms with Gasteiger partial charge in [-0.1, -0.05) is 72.3 Å². The number of aryl methyl sites for hydroxylation is 1. The lowest BCUT2D eigenvalue weighted by atomic mass is 9.96. The van der Waals surface area contributed by atoms with Crippen LogP contribution in [0.3, 0.4) is 0 Å². The quantitative estimate of drug-likeness (QED) is 0.121. The molecule has 7 rings (SSSR count). The second-order valence-electron chi connectivity index (χ2n) is 9.89. The molecule has 0 unspecified atom stereocenters. The molecule has 0 N–H and O–H groups in total. The molecular weight excluding hydrogens is 538 g/mol. The molecule has 0 saturated heterocycles. The van der Waals surface area contributed by atoms with Crippen molar-refractivity contribution in [2.45, 2.75) is 6.92 Å². The zero-order chi connectivity index (χ0) is 29.7. The zero-order valence-corrected chi connectivity index (χ0v) is 21.9. The number of hydrogen-bond donors (Lipinski definition) is 0. The highest BCUT2D eigenvalue weighted by Gasteiger charge is 2.36. The summed E-state index contributed by atoms with van der Waals surface area (Å²) < 4.78 is 0. The number of carbonyl (C=O) groups excluding carboxylic acids is 1. The molecule has 42 heavy (non-hydrogen) atoms. The van der Waals surface area contributed by atoms with E-state index in [1.807, 2.05) is 0 Å². The van der Waals surface area contributed by atoms with Crippen LogP contribution in [0.5, 0.6) is 0 Å². The first-order chi connectivity index (χ1) is 20.1. The van der Waals surface area contributed by atoms with Crippen molar-refractivity contribution in [3.63, 3.8) is 0 Å². The molecule has 6 aromatic carbocycles. The molecule has 6 aromatic rings. The monoisotopic (exact) mass is 557 g/mol. The van der Waals surface area contributed by atoms with Gasteiger partial charge in [0.15, 0.2) is 5.78 Å². The molecular formula is C32H19N3O7. The van der Waals surface area contributed by atoms with Crippen LogP contribution >= 0.6 is 0 Å². The number of nitro benzene ring substituents is 3. The molecule has 0 aromatic heterocycles. The fraction of sp³-hybridized carbons (Fsp3) is 0.0312. The number of hydrogen-bond acceptors (Lipinski definition) is 7. The summed E-state index contributed by atoms with van der Waals surface area (Å²) in [4.78, 5) is 42.8. The molecule has 10 nitrogen and oxygen atoms in total. The van der Waals surface area contributed by atoms with E-state index in [9.17, 15) is 35.1 Å². The van der Waals surface area contributed by atoms with Gasteiger partial charge in [0.05, 0.1) is 26.4 Å². The fourth-order valence-corrected chi connectivity index (χ4v) is 5.46. The minimum atomic E-state index is -0.841. The lowest BCUT2D eigenvalue weighted by molar-refractivity contribution is -0.393. The summed E-state index contributed by atoms with van der Waals surface area (Å²) in [6.07, 6.45) is 0. The van der Waals surface area contributed by atoms with Gasteiger partial charge in [-0.2, -0.15) is 0 Å². The largest absolute Gasteiger partial charge is 0.289 e. The van der Waals surface area contributed by atoms with Crippen LogP contribution in [-0.4, -0.2) is 20.6 Å². The Hall–Kier alpha value is -6.03. The summed E-state index contributed by atoms with van der Waals surface area (Å²) in [5.74, 6) is -0.717. The van der Waals surface area contributed by atoms with Crippen LogP contribution in [0, 0.1) is 37.3 Å². The van der Waals surface area contributed by atoms with Crippen molar-refractivity contribution < 1.29 is 19.6 Å². The molecule has 0 amide bonds. The number of ketones is 1. The first kappa shape index (κ1) is 26.2. The van der Waals surface area contributed by atoms with Gasteiger partial charge in [-0.3, -0.25) is 35.1 Å². The second kappa shape index (κ2) is 9.86. The maximum absolute atomic E-state index is 12.3. The van der Waals surface area contributed by atoms with Crippen LogP contribution in [0.15, 0.2) is 97.1 Å². The Morgan fingerprint density at radius 1 is 0.548 bits per heavy atom. The van der Waals surface area contributed by atoms with Crippen molar-refractivity contribution in [1.29, 1.82) is 0 Å². The first-order valence-corrected chi connectivity index (χ1v) is 12.7. The Balaban J connectivity index is 0.000000153. The smallest absolute Gasteiger partial charge is 0.284 e. The van der Waals surface area contributed by atoms with E-state index in [-0.39, 0.29) is 27.9 Å². The van der Waals surface area contributed by atoms with Gasteiger partial charge in [0.25, 0.3) is 17.1 Å². The fourth-order valence-electron chi connectivity index (χ4n) is 5.46. The van der Waals surface area contributed by atoms with Gasteiger partial charge < -0.3 is 0 Å². The molecule has 1 aliphatic carbocycles. The van der Waals surface area contributed by atoms with E-state index < -0.39 is 31.9 Å². The van der Waals surface area contributed by atoms with E-state index >= 15 is 0 Å². The standard InChI is InChI=1S/C19H14.C13H5N3O7/c1-13-6-7-15-9-11-16-10-8-14-4-2-3-5-17(14)19(16)18(15)12-13;17-13-9-3-6(14(18)19)1-2-8(9)12-10(13)4-7(15(20)21)5-11(12)16(22)23/h2-12H,1H3;1-5H. The van der Waals surface area contributed by atoms with Crippen LogP contribution in [0.4, 0.5) is 17.1 Å². The van der Waals surface area contributed by atoms with Gasteiger partial charge in [-0.05, 0) is 45.3 Å². The number of nitro groups is 3. The Bertz CT molecular complexity index is 2170. The topological polar surface area (TPSA) is 146 Å². The molecule has 10 heteroatoms. The normalized spacial score (nSPS) is 11.6. The molecule has 0 fully saturated rings. The minimum Gasteiger partial charge on any atom is -0.289 e. The van der Waals surface area contributed by atoms with Gasteiger partial charge >= 0.3 is 0 Å². The lowest BCUT2D eigenvalue weighted by Crippen LogP contribution is -2.00. The van der Waals surface area contributed by atoms with E-state index in [0.29, 0.717) is 0 Å². The van der Waals surface area contributed by atoms with Crippen LogP contribution in [0.2, 0.25) is 0 Å². The SMILES string of the molecule is Cc1ccc2ccc3ccc4ccccc4c3c2c1.O=C1c2cc([N+](=O)[O-])ccc2-c2c1cc([N+](=O)[O-])cc2[N+](=O)[O-]. The third-order valence-corrected chi connectivity index (χ3v) is 7.36. The summed E-state index contributed by atoms with van der Waals surface area (Å²) in [6, 6.07) is 29.2. The Labute approximate surface area is 236 Å². The van der Waals surface area contributed by atoms with Crippen molar-refractivity contribution in [2.24, 2.45) is 0 Å². The maximum Gasteiger partial charge on any atom is 0.284 e. The van der Waals surface area contributed by atoms with Crippen LogP contribution in [0.1, 0.15) is 21.5 Å². The number of fused-ring (bicyclic) bond motifs is 8. The third kappa shape index (κ3) is 4.27. The summed E-state index contributed by atoms with van der Waals surface area (Å²) in [5.41, 5.74) is -0.414. The minimum absolute atomic E-state index is 0.0597. The van der Waals surface area contributed by atoms with Crippen molar-refractivity contribution in [3.8, 4) is 11.1 Å². The molecule has 1 aliphatic rings. The number of rotatable bonds is 3. The molecule has 0 spiro atoms. The van der Waals surface area contributed by atoms with E-state index in [0.717, 1.165) is 24.3 Å². The predicted octanol–water partition coefficient (Wildman–Crippen LogP) is 8.08. The Kier molecular flexibility index (Phi) is 6.15. The first-order valence-electron chi connectivity index (χ1n) is 12.7. The molecule has 0 saturated carbocycles. The number of carbonyl (C=O) groups is 1. The zero-order valence-electron chi connectivity index (χ0n) is 21.9. The van der Waals surface area contributed by atoms with E-state index in [4.69, 9.17) is 0 Å². The van der Waals surface area contributed by atoms with Gasteiger partial charge in [0.1, 0.15) is 0 Å². The molecule has 0 aliphatic heterocycles. The average Bonchev–Trinajstić information content (AvgIpc) is 3.27. The highest BCUT2D eigenvalue weighted by atomic mass is 16.6. The molecule has 0 atom stereocenters. The van der Waals surface area contributed by atoms with E-state index in [1.54, 1.807) is 0 Å². The summed E-state index contributed by atoms with van der Waals surface area (Å²) in [7, 11) is 0. The number of non-ortho nitro benzene ring substituents is 2. The Morgan fingerprint density at radius 3 is 1.86 bits per heavy atom. The van der Waals surface area contributed by atoms with Crippen molar-refractivity contribution in [2.75, 3.05) is 0 Å². The maximum atomic E-state index is 12.3. The Morgan fingerprint density at radius 2 is 1.17 bits per heavy atom. The highest BCUT2D eigenvalue weighted by molar-refractivity contribution is 6.24.